The minimum Gasteiger partial charge on any atom is -0.496 e. The lowest BCUT2D eigenvalue weighted by molar-refractivity contribution is 0.0691. The van der Waals surface area contributed by atoms with E-state index in [9.17, 15) is 9.18 Å². The highest BCUT2D eigenvalue weighted by Crippen LogP contribution is 2.34. The van der Waals surface area contributed by atoms with Crippen LogP contribution in [0.1, 0.15) is 36.7 Å². The zero-order chi connectivity index (χ0) is 12.5. The summed E-state index contributed by atoms with van der Waals surface area (Å²) in [7, 11) is 1.43. The van der Waals surface area contributed by atoms with Crippen LogP contribution in [0.4, 0.5) is 4.39 Å². The summed E-state index contributed by atoms with van der Waals surface area (Å²) < 4.78 is 19.1. The van der Waals surface area contributed by atoms with Gasteiger partial charge < -0.3 is 9.84 Å². The Kier molecular flexibility index (Phi) is 3.21. The highest BCUT2D eigenvalue weighted by Gasteiger charge is 2.27. The van der Waals surface area contributed by atoms with Crippen LogP contribution in [0.2, 0.25) is 0 Å². The molecule has 3 nitrogen and oxygen atoms in total. The number of methoxy groups -OCH3 is 1. The molecule has 0 unspecified atom stereocenters. The third-order valence-corrected chi connectivity index (χ3v) is 2.30. The van der Waals surface area contributed by atoms with Crippen molar-refractivity contribution in [1.29, 1.82) is 0 Å². The van der Waals surface area contributed by atoms with Gasteiger partial charge in [-0.25, -0.2) is 9.18 Å². The van der Waals surface area contributed by atoms with Crippen molar-refractivity contribution in [2.45, 2.75) is 26.2 Å². The fourth-order valence-corrected chi connectivity index (χ4v) is 1.59. The van der Waals surface area contributed by atoms with E-state index < -0.39 is 17.2 Å². The predicted molar refractivity (Wildman–Crippen MR) is 58.6 cm³/mol. The number of halogens is 1. The summed E-state index contributed by atoms with van der Waals surface area (Å²) in [6, 6.07) is 2.69. The van der Waals surface area contributed by atoms with Gasteiger partial charge in [-0.1, -0.05) is 20.8 Å². The Morgan fingerprint density at radius 1 is 1.38 bits per heavy atom. The summed E-state index contributed by atoms with van der Waals surface area (Å²) in [5.74, 6) is -1.62. The summed E-state index contributed by atoms with van der Waals surface area (Å²) in [6.07, 6.45) is 0. The Labute approximate surface area is 93.9 Å². The van der Waals surface area contributed by atoms with E-state index in [1.807, 2.05) is 0 Å². The second-order valence-corrected chi connectivity index (χ2v) is 4.56. The lowest BCUT2D eigenvalue weighted by Crippen LogP contribution is -2.17. The largest absolute Gasteiger partial charge is 0.496 e. The second-order valence-electron chi connectivity index (χ2n) is 4.56. The van der Waals surface area contributed by atoms with E-state index in [1.165, 1.54) is 19.2 Å². The van der Waals surface area contributed by atoms with Crippen molar-refractivity contribution in [3.05, 3.63) is 29.1 Å². The van der Waals surface area contributed by atoms with Crippen LogP contribution in [0, 0.1) is 5.82 Å². The maximum atomic E-state index is 14.0. The predicted octanol–water partition coefficient (Wildman–Crippen LogP) is 2.83. The molecule has 0 aromatic heterocycles. The number of rotatable bonds is 2. The van der Waals surface area contributed by atoms with E-state index in [0.717, 1.165) is 0 Å². The summed E-state index contributed by atoms with van der Waals surface area (Å²) in [4.78, 5) is 10.8. The first kappa shape index (κ1) is 12.5. The van der Waals surface area contributed by atoms with Crippen LogP contribution in [0.3, 0.4) is 0 Å². The van der Waals surface area contributed by atoms with Crippen molar-refractivity contribution in [3.63, 3.8) is 0 Å². The SMILES string of the molecule is COc1ccc(C(=O)O)c(F)c1C(C)(C)C. The average Bonchev–Trinajstić information content (AvgIpc) is 2.14. The zero-order valence-electron chi connectivity index (χ0n) is 9.80. The maximum Gasteiger partial charge on any atom is 0.338 e. The standard InChI is InChI=1S/C12H15FO3/c1-12(2,3)9-8(16-4)6-5-7(10(9)13)11(14)15/h5-6H,1-4H3,(H,14,15). The molecule has 0 saturated carbocycles. The zero-order valence-corrected chi connectivity index (χ0v) is 9.80. The quantitative estimate of drug-likeness (QED) is 0.843. The van der Waals surface area contributed by atoms with Gasteiger partial charge in [-0.2, -0.15) is 0 Å². The highest BCUT2D eigenvalue weighted by atomic mass is 19.1. The fraction of sp³-hybridized carbons (Fsp3) is 0.417. The molecule has 0 aliphatic rings. The number of hydrogen-bond donors (Lipinski definition) is 1. The molecule has 0 spiro atoms. The molecular weight excluding hydrogens is 211 g/mol. The Morgan fingerprint density at radius 2 is 1.94 bits per heavy atom. The van der Waals surface area contributed by atoms with Gasteiger partial charge in [0.1, 0.15) is 11.6 Å². The van der Waals surface area contributed by atoms with Gasteiger partial charge in [0.2, 0.25) is 0 Å². The Balaban J connectivity index is 3.53. The highest BCUT2D eigenvalue weighted by molar-refractivity contribution is 5.88. The number of ether oxygens (including phenoxy) is 1. The summed E-state index contributed by atoms with van der Waals surface area (Å²) in [5.41, 5.74) is -0.554. The molecule has 0 aliphatic heterocycles. The lowest BCUT2D eigenvalue weighted by atomic mass is 9.84. The molecule has 1 aromatic rings. The van der Waals surface area contributed by atoms with Crippen molar-refractivity contribution >= 4 is 5.97 Å². The van der Waals surface area contributed by atoms with Crippen LogP contribution in [0.25, 0.3) is 0 Å². The number of aromatic carboxylic acids is 1. The van der Waals surface area contributed by atoms with Gasteiger partial charge in [0, 0.05) is 5.56 Å². The molecular formula is C12H15FO3. The molecule has 4 heteroatoms. The molecule has 0 saturated heterocycles. The average molecular weight is 226 g/mol. The van der Waals surface area contributed by atoms with Gasteiger partial charge >= 0.3 is 5.97 Å². The van der Waals surface area contributed by atoms with Gasteiger partial charge in [-0.3, -0.25) is 0 Å². The first-order chi connectivity index (χ1) is 7.29. The summed E-state index contributed by atoms with van der Waals surface area (Å²) >= 11 is 0. The van der Waals surface area contributed by atoms with E-state index in [0.29, 0.717) is 5.75 Å². The Morgan fingerprint density at radius 3 is 2.31 bits per heavy atom. The molecule has 0 heterocycles. The molecule has 0 aliphatic carbocycles. The van der Waals surface area contributed by atoms with Crippen LogP contribution in [-0.2, 0) is 5.41 Å². The molecule has 16 heavy (non-hydrogen) atoms. The van der Waals surface area contributed by atoms with Crippen LogP contribution < -0.4 is 4.74 Å². The summed E-state index contributed by atoms with van der Waals surface area (Å²) in [5, 5.41) is 8.84. The third-order valence-electron chi connectivity index (χ3n) is 2.30. The third kappa shape index (κ3) is 2.15. The molecule has 1 rings (SSSR count). The number of carboxylic acids is 1. The van der Waals surface area contributed by atoms with Crippen molar-refractivity contribution in [1.82, 2.24) is 0 Å². The Bertz CT molecular complexity index is 419. The van der Waals surface area contributed by atoms with Crippen molar-refractivity contribution < 1.29 is 19.0 Å². The van der Waals surface area contributed by atoms with Crippen molar-refractivity contribution in [3.8, 4) is 5.75 Å². The summed E-state index contributed by atoms with van der Waals surface area (Å²) in [6.45, 7) is 5.42. The van der Waals surface area contributed by atoms with E-state index in [2.05, 4.69) is 0 Å². The van der Waals surface area contributed by atoms with Crippen LogP contribution in [-0.4, -0.2) is 18.2 Å². The Hall–Kier alpha value is -1.58. The molecule has 0 amide bonds. The normalized spacial score (nSPS) is 11.3. The van der Waals surface area contributed by atoms with Crippen molar-refractivity contribution in [2.75, 3.05) is 7.11 Å². The molecule has 1 N–H and O–H groups in total. The van der Waals surface area contributed by atoms with Crippen LogP contribution >= 0.6 is 0 Å². The van der Waals surface area contributed by atoms with Gasteiger partial charge in [-0.05, 0) is 17.5 Å². The minimum absolute atomic E-state index is 0.287. The minimum atomic E-state index is -1.27. The fourth-order valence-electron chi connectivity index (χ4n) is 1.59. The van der Waals surface area contributed by atoms with Crippen LogP contribution in [0.5, 0.6) is 5.75 Å². The van der Waals surface area contributed by atoms with E-state index >= 15 is 0 Å². The monoisotopic (exact) mass is 226 g/mol. The number of carboxylic acid groups (broad SMARTS) is 1. The molecule has 0 fully saturated rings. The molecule has 1 aromatic carbocycles. The molecule has 0 radical (unpaired) electrons. The number of benzene rings is 1. The maximum absolute atomic E-state index is 14.0. The van der Waals surface area contributed by atoms with Gasteiger partial charge in [-0.15, -0.1) is 0 Å². The smallest absolute Gasteiger partial charge is 0.338 e. The first-order valence-electron chi connectivity index (χ1n) is 4.89. The van der Waals surface area contributed by atoms with Gasteiger partial charge in [0.25, 0.3) is 0 Å². The number of hydrogen-bond acceptors (Lipinski definition) is 2. The van der Waals surface area contributed by atoms with Gasteiger partial charge in [0.05, 0.1) is 12.7 Å². The van der Waals surface area contributed by atoms with E-state index in [-0.39, 0.29) is 11.1 Å². The molecule has 88 valence electrons. The second kappa shape index (κ2) is 4.12. The first-order valence-corrected chi connectivity index (χ1v) is 4.89. The van der Waals surface area contributed by atoms with Crippen LogP contribution in [0.15, 0.2) is 12.1 Å². The molecule has 0 atom stereocenters. The molecule has 0 bridgehead atoms. The lowest BCUT2D eigenvalue weighted by Gasteiger charge is -2.23. The van der Waals surface area contributed by atoms with E-state index in [1.54, 1.807) is 20.8 Å². The number of carbonyl (C=O) groups is 1. The van der Waals surface area contributed by atoms with Gasteiger partial charge in [0.15, 0.2) is 0 Å². The van der Waals surface area contributed by atoms with Crippen molar-refractivity contribution in [2.24, 2.45) is 0 Å². The topological polar surface area (TPSA) is 46.5 Å². The van der Waals surface area contributed by atoms with E-state index in [4.69, 9.17) is 9.84 Å².